The number of benzene rings is 2. The molecule has 1 heterocycles. The van der Waals surface area contributed by atoms with Crippen molar-refractivity contribution >= 4 is 35.0 Å². The average molecular weight is 350 g/mol. The lowest BCUT2D eigenvalue weighted by Crippen LogP contribution is -2.21. The summed E-state index contributed by atoms with van der Waals surface area (Å²) in [7, 11) is 0. The highest BCUT2D eigenvalue weighted by molar-refractivity contribution is 8.00. The number of thioether (sulfide) groups is 1. The van der Waals surface area contributed by atoms with Gasteiger partial charge in [0.05, 0.1) is 11.4 Å². The van der Waals surface area contributed by atoms with Gasteiger partial charge in [-0.25, -0.2) is 8.78 Å². The van der Waals surface area contributed by atoms with Gasteiger partial charge < -0.3 is 15.4 Å². The fraction of sp³-hybridized carbons (Fsp3) is 0.125. The maximum absolute atomic E-state index is 13.4. The van der Waals surface area contributed by atoms with Gasteiger partial charge >= 0.3 is 0 Å². The van der Waals surface area contributed by atoms with Gasteiger partial charge in [0.25, 0.3) is 5.91 Å². The molecule has 2 amide bonds. The lowest BCUT2D eigenvalue weighted by atomic mass is 10.2. The number of amides is 2. The lowest BCUT2D eigenvalue weighted by Gasteiger charge is -2.17. The van der Waals surface area contributed by atoms with Crippen molar-refractivity contribution < 1.29 is 23.1 Å². The van der Waals surface area contributed by atoms with E-state index in [4.69, 9.17) is 4.74 Å². The summed E-state index contributed by atoms with van der Waals surface area (Å²) in [6.45, 7) is -0.430. The lowest BCUT2D eigenvalue weighted by molar-refractivity contribution is -0.118. The molecular weight excluding hydrogens is 338 g/mol. The van der Waals surface area contributed by atoms with Gasteiger partial charge in [-0.15, -0.1) is 11.8 Å². The third kappa shape index (κ3) is 3.83. The van der Waals surface area contributed by atoms with Crippen LogP contribution >= 0.6 is 11.8 Å². The van der Waals surface area contributed by atoms with E-state index in [-0.39, 0.29) is 11.7 Å². The Balaban J connectivity index is 1.61. The minimum Gasteiger partial charge on any atom is -0.481 e. The maximum Gasteiger partial charge on any atom is 0.262 e. The summed E-state index contributed by atoms with van der Waals surface area (Å²) < 4.78 is 31.2. The minimum absolute atomic E-state index is 0.105. The van der Waals surface area contributed by atoms with E-state index >= 15 is 0 Å². The normalized spacial score (nSPS) is 13.0. The first-order valence-corrected chi connectivity index (χ1v) is 7.94. The molecule has 1 aliphatic rings. The Morgan fingerprint density at radius 3 is 2.88 bits per heavy atom. The zero-order valence-corrected chi connectivity index (χ0v) is 13.1. The minimum atomic E-state index is -0.878. The molecule has 0 unspecified atom stereocenters. The number of hydrogen-bond acceptors (Lipinski definition) is 4. The molecule has 0 aliphatic carbocycles. The van der Waals surface area contributed by atoms with Gasteiger partial charge in [0.1, 0.15) is 5.82 Å². The molecule has 124 valence electrons. The first-order valence-electron chi connectivity index (χ1n) is 6.95. The number of anilines is 2. The first kappa shape index (κ1) is 16.3. The van der Waals surface area contributed by atoms with Crippen LogP contribution in [0.25, 0.3) is 0 Å². The van der Waals surface area contributed by atoms with Gasteiger partial charge in [0, 0.05) is 16.6 Å². The Morgan fingerprint density at radius 2 is 2.08 bits per heavy atom. The van der Waals surface area contributed by atoms with Crippen LogP contribution < -0.4 is 15.4 Å². The number of rotatable bonds is 4. The van der Waals surface area contributed by atoms with E-state index in [9.17, 15) is 18.4 Å². The fourth-order valence-corrected chi connectivity index (χ4v) is 2.88. The SMILES string of the molecule is O=C(COc1ccc(F)cc1F)Nc1ccc2c(c1)NC(=O)CS2. The van der Waals surface area contributed by atoms with Crippen molar-refractivity contribution in [2.45, 2.75) is 4.90 Å². The van der Waals surface area contributed by atoms with Crippen LogP contribution in [0.2, 0.25) is 0 Å². The second-order valence-corrected chi connectivity index (χ2v) is 5.98. The van der Waals surface area contributed by atoms with Crippen molar-refractivity contribution in [3.05, 3.63) is 48.0 Å². The molecule has 0 radical (unpaired) electrons. The smallest absolute Gasteiger partial charge is 0.262 e. The van der Waals surface area contributed by atoms with Gasteiger partial charge in [0.15, 0.2) is 18.2 Å². The second-order valence-electron chi connectivity index (χ2n) is 4.96. The van der Waals surface area contributed by atoms with Crippen LogP contribution in [0.5, 0.6) is 5.75 Å². The van der Waals surface area contributed by atoms with Crippen molar-refractivity contribution in [2.24, 2.45) is 0 Å². The predicted octanol–water partition coefficient (Wildman–Crippen LogP) is 3.03. The topological polar surface area (TPSA) is 67.4 Å². The molecule has 0 spiro atoms. The van der Waals surface area contributed by atoms with Crippen LogP contribution in [0.4, 0.5) is 20.2 Å². The van der Waals surface area contributed by atoms with E-state index in [1.54, 1.807) is 18.2 Å². The van der Waals surface area contributed by atoms with Crippen molar-refractivity contribution in [3.8, 4) is 5.75 Å². The number of nitrogens with one attached hydrogen (secondary N) is 2. The zero-order chi connectivity index (χ0) is 17.1. The molecule has 0 aromatic heterocycles. The highest BCUT2D eigenvalue weighted by Crippen LogP contribution is 2.33. The van der Waals surface area contributed by atoms with Gasteiger partial charge in [-0.05, 0) is 30.3 Å². The van der Waals surface area contributed by atoms with Gasteiger partial charge in [-0.1, -0.05) is 0 Å². The van der Waals surface area contributed by atoms with Crippen LogP contribution in [0.3, 0.4) is 0 Å². The third-order valence-corrected chi connectivity index (χ3v) is 4.22. The van der Waals surface area contributed by atoms with E-state index in [1.165, 1.54) is 11.8 Å². The Hall–Kier alpha value is -2.61. The summed E-state index contributed by atoms with van der Waals surface area (Å²) >= 11 is 1.41. The van der Waals surface area contributed by atoms with Crippen molar-refractivity contribution in [1.82, 2.24) is 0 Å². The van der Waals surface area contributed by atoms with Gasteiger partial charge in [0.2, 0.25) is 5.91 Å². The molecule has 5 nitrogen and oxygen atoms in total. The molecule has 1 aliphatic heterocycles. The monoisotopic (exact) mass is 350 g/mol. The summed E-state index contributed by atoms with van der Waals surface area (Å²) in [4.78, 5) is 24.2. The molecular formula is C16H12F2N2O3S. The Kier molecular flexibility index (Phi) is 4.66. The molecule has 3 rings (SSSR count). The molecule has 8 heteroatoms. The van der Waals surface area contributed by atoms with E-state index in [0.717, 1.165) is 17.0 Å². The number of halogens is 2. The van der Waals surface area contributed by atoms with Crippen LogP contribution in [-0.4, -0.2) is 24.2 Å². The molecule has 2 N–H and O–H groups in total. The number of carbonyl (C=O) groups is 2. The first-order chi connectivity index (χ1) is 11.5. The van der Waals surface area contributed by atoms with E-state index in [2.05, 4.69) is 10.6 Å². The quantitative estimate of drug-likeness (QED) is 0.889. The molecule has 2 aromatic carbocycles. The van der Waals surface area contributed by atoms with Crippen LogP contribution in [0.1, 0.15) is 0 Å². The Morgan fingerprint density at radius 1 is 1.25 bits per heavy atom. The Labute approximate surface area is 140 Å². The summed E-state index contributed by atoms with van der Waals surface area (Å²) in [5.74, 6) is -2.06. The predicted molar refractivity (Wildman–Crippen MR) is 86.3 cm³/mol. The van der Waals surface area contributed by atoms with Crippen molar-refractivity contribution in [1.29, 1.82) is 0 Å². The zero-order valence-electron chi connectivity index (χ0n) is 12.3. The van der Waals surface area contributed by atoms with Crippen molar-refractivity contribution in [2.75, 3.05) is 23.0 Å². The molecule has 0 fully saturated rings. The fourth-order valence-electron chi connectivity index (χ4n) is 2.09. The summed E-state index contributed by atoms with van der Waals surface area (Å²) in [6.07, 6.45) is 0. The summed E-state index contributed by atoms with van der Waals surface area (Å²) in [5.41, 5.74) is 1.10. The number of ether oxygens (including phenoxy) is 1. The number of fused-ring (bicyclic) bond motifs is 1. The van der Waals surface area contributed by atoms with Crippen LogP contribution in [0, 0.1) is 11.6 Å². The molecule has 0 atom stereocenters. The maximum atomic E-state index is 13.4. The average Bonchev–Trinajstić information content (AvgIpc) is 2.53. The Bertz CT molecular complexity index is 814. The summed E-state index contributed by atoms with van der Waals surface area (Å²) in [5, 5.41) is 5.30. The highest BCUT2D eigenvalue weighted by atomic mass is 32.2. The highest BCUT2D eigenvalue weighted by Gasteiger charge is 2.16. The van der Waals surface area contributed by atoms with Crippen LogP contribution in [0.15, 0.2) is 41.3 Å². The van der Waals surface area contributed by atoms with Crippen molar-refractivity contribution in [3.63, 3.8) is 0 Å². The molecule has 0 bridgehead atoms. The second kappa shape index (κ2) is 6.88. The van der Waals surface area contributed by atoms with Gasteiger partial charge in [-0.3, -0.25) is 9.59 Å². The van der Waals surface area contributed by atoms with E-state index in [1.807, 2.05) is 0 Å². The van der Waals surface area contributed by atoms with Gasteiger partial charge in [-0.2, -0.15) is 0 Å². The molecule has 0 saturated carbocycles. The van der Waals surface area contributed by atoms with Crippen LogP contribution in [-0.2, 0) is 9.59 Å². The molecule has 0 saturated heterocycles. The van der Waals surface area contributed by atoms with E-state index < -0.39 is 24.1 Å². The van der Waals surface area contributed by atoms with E-state index in [0.29, 0.717) is 23.2 Å². The number of hydrogen-bond donors (Lipinski definition) is 2. The summed E-state index contributed by atoms with van der Waals surface area (Å²) in [6, 6.07) is 7.95. The third-order valence-electron chi connectivity index (χ3n) is 3.15. The molecule has 2 aromatic rings. The molecule has 24 heavy (non-hydrogen) atoms. The standard InChI is InChI=1S/C16H12F2N2O3S/c17-9-1-3-13(11(18)5-9)23-7-15(21)19-10-2-4-14-12(6-10)20-16(22)8-24-14/h1-6H,7-8H2,(H,19,21)(H,20,22). The largest absolute Gasteiger partial charge is 0.481 e. The number of carbonyl (C=O) groups excluding carboxylic acids is 2.